The molecule has 1 rings (SSSR count). The number of hydrogen-bond acceptors (Lipinski definition) is 2. The average Bonchev–Trinajstić information content (AvgIpc) is 2.49. The van der Waals surface area contributed by atoms with Crippen molar-refractivity contribution in [1.29, 1.82) is 0 Å². The van der Waals surface area contributed by atoms with Crippen LogP contribution in [-0.4, -0.2) is 25.5 Å². The summed E-state index contributed by atoms with van der Waals surface area (Å²) >= 11 is 0. The fourth-order valence-corrected chi connectivity index (χ4v) is 1.46. The Morgan fingerprint density at radius 1 is 1.62 bits per heavy atom. The first kappa shape index (κ1) is 12.7. The third-order valence-electron chi connectivity index (χ3n) is 2.49. The van der Waals surface area contributed by atoms with E-state index < -0.39 is 0 Å². The van der Waals surface area contributed by atoms with Gasteiger partial charge in [-0.3, -0.25) is 4.79 Å². The van der Waals surface area contributed by atoms with Crippen molar-refractivity contribution < 1.29 is 4.79 Å². The Morgan fingerprint density at radius 2 is 2.31 bits per heavy atom. The fourth-order valence-electron chi connectivity index (χ4n) is 1.46. The first-order valence-electron chi connectivity index (χ1n) is 4.64. The maximum Gasteiger partial charge on any atom is 0.219 e. The predicted octanol–water partition coefficient (Wildman–Crippen LogP) is 0.934. The summed E-state index contributed by atoms with van der Waals surface area (Å²) in [5.41, 5.74) is 0.283. The van der Waals surface area contributed by atoms with Crippen LogP contribution in [0.15, 0.2) is 0 Å². The van der Waals surface area contributed by atoms with E-state index in [1.165, 1.54) is 0 Å². The molecule has 1 amide bonds. The van der Waals surface area contributed by atoms with Crippen molar-refractivity contribution in [2.75, 3.05) is 19.6 Å². The van der Waals surface area contributed by atoms with Crippen LogP contribution < -0.4 is 10.6 Å². The van der Waals surface area contributed by atoms with Crippen molar-refractivity contribution in [3.8, 4) is 0 Å². The minimum absolute atomic E-state index is 0. The van der Waals surface area contributed by atoms with Crippen LogP contribution in [0.2, 0.25) is 0 Å². The second-order valence-corrected chi connectivity index (χ2v) is 3.87. The molecule has 1 unspecified atom stereocenters. The molecule has 0 aliphatic carbocycles. The van der Waals surface area contributed by atoms with Gasteiger partial charge in [-0.15, -0.1) is 12.4 Å². The van der Waals surface area contributed by atoms with Crippen LogP contribution >= 0.6 is 12.4 Å². The van der Waals surface area contributed by atoms with Crippen molar-refractivity contribution in [2.24, 2.45) is 5.41 Å². The van der Waals surface area contributed by atoms with Gasteiger partial charge >= 0.3 is 0 Å². The number of carbonyl (C=O) groups excluding carboxylic acids is 1. The van der Waals surface area contributed by atoms with Gasteiger partial charge in [0.2, 0.25) is 5.91 Å². The number of rotatable bonds is 3. The topological polar surface area (TPSA) is 41.1 Å². The summed E-state index contributed by atoms with van der Waals surface area (Å²) in [6.45, 7) is 7.01. The highest BCUT2D eigenvalue weighted by molar-refractivity contribution is 5.85. The zero-order chi connectivity index (χ0) is 9.03. The number of carbonyl (C=O) groups is 1. The summed E-state index contributed by atoms with van der Waals surface area (Å²) in [6, 6.07) is 0. The van der Waals surface area contributed by atoms with E-state index in [0.717, 1.165) is 26.1 Å². The second-order valence-electron chi connectivity index (χ2n) is 3.87. The van der Waals surface area contributed by atoms with E-state index in [0.29, 0.717) is 6.42 Å². The van der Waals surface area contributed by atoms with Crippen LogP contribution in [-0.2, 0) is 4.79 Å². The Morgan fingerprint density at radius 3 is 2.77 bits per heavy atom. The Balaban J connectivity index is 0.00000144. The van der Waals surface area contributed by atoms with E-state index in [2.05, 4.69) is 17.6 Å². The van der Waals surface area contributed by atoms with Gasteiger partial charge in [0, 0.05) is 19.5 Å². The van der Waals surface area contributed by atoms with Gasteiger partial charge in [0.05, 0.1) is 0 Å². The summed E-state index contributed by atoms with van der Waals surface area (Å²) < 4.78 is 0. The molecule has 1 heterocycles. The van der Waals surface area contributed by atoms with Crippen molar-refractivity contribution in [3.05, 3.63) is 0 Å². The highest BCUT2D eigenvalue weighted by Crippen LogP contribution is 2.22. The number of amides is 1. The molecule has 1 saturated heterocycles. The van der Waals surface area contributed by atoms with Gasteiger partial charge in [0.1, 0.15) is 0 Å². The quantitative estimate of drug-likeness (QED) is 0.722. The normalized spacial score (nSPS) is 26.6. The van der Waals surface area contributed by atoms with E-state index >= 15 is 0 Å². The molecule has 0 radical (unpaired) electrons. The van der Waals surface area contributed by atoms with Crippen LogP contribution in [0.3, 0.4) is 0 Å². The lowest BCUT2D eigenvalue weighted by molar-refractivity contribution is -0.121. The molecule has 0 saturated carbocycles. The minimum Gasteiger partial charge on any atom is -0.356 e. The molecule has 13 heavy (non-hydrogen) atoms. The second kappa shape index (κ2) is 5.45. The van der Waals surface area contributed by atoms with Crippen LogP contribution in [0.25, 0.3) is 0 Å². The molecule has 1 aliphatic rings. The molecule has 0 aromatic carbocycles. The number of hydrogen-bond donors (Lipinski definition) is 2. The molecular weight excluding hydrogens is 188 g/mol. The Hall–Kier alpha value is -0.280. The standard InChI is InChI=1S/C9H18N2O.ClH/c1-3-8(12)11-7-9(2)4-5-10-6-9;/h10H,3-7H2,1-2H3,(H,11,12);1H. The van der Waals surface area contributed by atoms with Crippen molar-refractivity contribution in [1.82, 2.24) is 10.6 Å². The lowest BCUT2D eigenvalue weighted by Gasteiger charge is -2.22. The lowest BCUT2D eigenvalue weighted by Crippen LogP contribution is -2.36. The van der Waals surface area contributed by atoms with E-state index in [4.69, 9.17) is 0 Å². The van der Waals surface area contributed by atoms with Gasteiger partial charge in [-0.2, -0.15) is 0 Å². The summed E-state index contributed by atoms with van der Waals surface area (Å²) in [7, 11) is 0. The van der Waals surface area contributed by atoms with Gasteiger partial charge in [0.15, 0.2) is 0 Å². The molecule has 1 fully saturated rings. The number of nitrogens with one attached hydrogen (secondary N) is 2. The fraction of sp³-hybridized carbons (Fsp3) is 0.889. The molecular formula is C9H19ClN2O. The first-order chi connectivity index (χ1) is 5.66. The highest BCUT2D eigenvalue weighted by atomic mass is 35.5. The van der Waals surface area contributed by atoms with Crippen LogP contribution in [0.4, 0.5) is 0 Å². The van der Waals surface area contributed by atoms with E-state index in [-0.39, 0.29) is 23.7 Å². The average molecular weight is 207 g/mol. The Bertz CT molecular complexity index is 167. The smallest absolute Gasteiger partial charge is 0.219 e. The highest BCUT2D eigenvalue weighted by Gasteiger charge is 2.28. The van der Waals surface area contributed by atoms with Gasteiger partial charge in [-0.1, -0.05) is 13.8 Å². The zero-order valence-electron chi connectivity index (χ0n) is 8.35. The van der Waals surface area contributed by atoms with Crippen molar-refractivity contribution >= 4 is 18.3 Å². The molecule has 78 valence electrons. The third kappa shape index (κ3) is 3.96. The first-order valence-corrected chi connectivity index (χ1v) is 4.64. The molecule has 4 heteroatoms. The Labute approximate surface area is 86.1 Å². The molecule has 0 aromatic rings. The molecule has 0 aromatic heterocycles. The maximum absolute atomic E-state index is 11.0. The summed E-state index contributed by atoms with van der Waals surface area (Å²) in [4.78, 5) is 11.0. The minimum atomic E-state index is 0. The van der Waals surface area contributed by atoms with E-state index in [1.54, 1.807) is 0 Å². The van der Waals surface area contributed by atoms with Crippen LogP contribution in [0.5, 0.6) is 0 Å². The lowest BCUT2D eigenvalue weighted by atomic mass is 9.90. The zero-order valence-corrected chi connectivity index (χ0v) is 9.17. The van der Waals surface area contributed by atoms with Gasteiger partial charge in [-0.05, 0) is 18.4 Å². The van der Waals surface area contributed by atoms with Gasteiger partial charge in [-0.25, -0.2) is 0 Å². The molecule has 0 spiro atoms. The monoisotopic (exact) mass is 206 g/mol. The molecule has 0 bridgehead atoms. The van der Waals surface area contributed by atoms with Crippen LogP contribution in [0.1, 0.15) is 26.7 Å². The van der Waals surface area contributed by atoms with Gasteiger partial charge in [0.25, 0.3) is 0 Å². The molecule has 3 nitrogen and oxygen atoms in total. The van der Waals surface area contributed by atoms with E-state index in [9.17, 15) is 4.79 Å². The Kier molecular flexibility index (Phi) is 5.33. The third-order valence-corrected chi connectivity index (χ3v) is 2.49. The SMILES string of the molecule is CCC(=O)NCC1(C)CCNC1.Cl. The summed E-state index contributed by atoms with van der Waals surface area (Å²) in [5, 5.41) is 6.24. The molecule has 1 aliphatic heterocycles. The van der Waals surface area contributed by atoms with Crippen molar-refractivity contribution in [2.45, 2.75) is 26.7 Å². The summed E-state index contributed by atoms with van der Waals surface area (Å²) in [6.07, 6.45) is 1.75. The van der Waals surface area contributed by atoms with Gasteiger partial charge < -0.3 is 10.6 Å². The largest absolute Gasteiger partial charge is 0.356 e. The van der Waals surface area contributed by atoms with E-state index in [1.807, 2.05) is 6.92 Å². The van der Waals surface area contributed by atoms with Crippen molar-refractivity contribution in [3.63, 3.8) is 0 Å². The molecule has 2 N–H and O–H groups in total. The number of halogens is 1. The molecule has 1 atom stereocenters. The maximum atomic E-state index is 11.0. The predicted molar refractivity (Wildman–Crippen MR) is 56.1 cm³/mol. The summed E-state index contributed by atoms with van der Waals surface area (Å²) in [5.74, 6) is 0.156. The van der Waals surface area contributed by atoms with Crippen LogP contribution in [0, 0.1) is 5.41 Å².